The molecule has 1 unspecified atom stereocenters. The topological polar surface area (TPSA) is 104 Å². The quantitative estimate of drug-likeness (QED) is 0.640. The van der Waals surface area contributed by atoms with Gasteiger partial charge in [-0.05, 0) is 30.3 Å². The summed E-state index contributed by atoms with van der Waals surface area (Å²) < 4.78 is 59.2. The summed E-state index contributed by atoms with van der Waals surface area (Å²) in [5, 5.41) is 0. The number of para-hydroxylation sites is 1. The highest BCUT2D eigenvalue weighted by molar-refractivity contribution is 7.94. The van der Waals surface area contributed by atoms with Gasteiger partial charge in [0.1, 0.15) is 10.6 Å². The van der Waals surface area contributed by atoms with Crippen LogP contribution in [0.1, 0.15) is 6.92 Å². The van der Waals surface area contributed by atoms with E-state index >= 15 is 0 Å². The van der Waals surface area contributed by atoms with Crippen LogP contribution in [-0.2, 0) is 24.8 Å². The molecule has 2 aromatic rings. The van der Waals surface area contributed by atoms with Gasteiger partial charge >= 0.3 is 0 Å². The zero-order valence-electron chi connectivity index (χ0n) is 17.8. The fourth-order valence-corrected chi connectivity index (χ4v) is 7.45. The van der Waals surface area contributed by atoms with Gasteiger partial charge < -0.3 is 9.64 Å². The van der Waals surface area contributed by atoms with Crippen molar-refractivity contribution in [2.24, 2.45) is 5.92 Å². The zero-order valence-corrected chi connectivity index (χ0v) is 19.5. The second-order valence-corrected chi connectivity index (χ2v) is 11.6. The van der Waals surface area contributed by atoms with Gasteiger partial charge in [-0.15, -0.1) is 0 Å². The van der Waals surface area contributed by atoms with Crippen LogP contribution in [0.3, 0.4) is 0 Å². The second-order valence-electron chi connectivity index (χ2n) is 7.84. The number of ether oxygens (including phenoxy) is 1. The van der Waals surface area contributed by atoms with Crippen LogP contribution in [0, 0.1) is 5.92 Å². The van der Waals surface area contributed by atoms with Crippen LogP contribution in [0.5, 0.6) is 5.75 Å². The molecule has 2 aliphatic rings. The first-order valence-electron chi connectivity index (χ1n) is 10.2. The summed E-state index contributed by atoms with van der Waals surface area (Å²) in [7, 11) is -6.49. The number of piperazine rings is 1. The van der Waals surface area contributed by atoms with E-state index in [1.807, 2.05) is 30.3 Å². The monoisotopic (exact) mass is 479 g/mol. The van der Waals surface area contributed by atoms with Crippen molar-refractivity contribution in [1.29, 1.82) is 0 Å². The average molecular weight is 480 g/mol. The minimum atomic E-state index is -3.98. The first-order chi connectivity index (χ1) is 15.1. The van der Waals surface area contributed by atoms with Crippen molar-refractivity contribution in [3.63, 3.8) is 0 Å². The van der Waals surface area contributed by atoms with Gasteiger partial charge in [-0.3, -0.25) is 4.79 Å². The van der Waals surface area contributed by atoms with Crippen LogP contribution >= 0.6 is 0 Å². The van der Waals surface area contributed by atoms with Crippen molar-refractivity contribution in [2.45, 2.75) is 11.8 Å². The molecule has 0 spiro atoms. The molecule has 11 heteroatoms. The number of sulfonamides is 2. The van der Waals surface area contributed by atoms with Crippen molar-refractivity contribution in [3.8, 4) is 5.75 Å². The third-order valence-electron chi connectivity index (χ3n) is 5.72. The van der Waals surface area contributed by atoms with Crippen LogP contribution in [0.15, 0.2) is 53.4 Å². The van der Waals surface area contributed by atoms with E-state index in [2.05, 4.69) is 4.90 Å². The van der Waals surface area contributed by atoms with Gasteiger partial charge in [-0.2, -0.15) is 4.31 Å². The maximum Gasteiger partial charge on any atom is 0.246 e. The van der Waals surface area contributed by atoms with Gasteiger partial charge in [-0.25, -0.2) is 21.1 Å². The lowest BCUT2D eigenvalue weighted by molar-refractivity contribution is -0.119. The second kappa shape index (κ2) is 8.38. The molecule has 0 N–H and O–H groups in total. The smallest absolute Gasteiger partial charge is 0.246 e. The molecule has 0 radical (unpaired) electrons. The Labute approximate surface area is 188 Å². The normalized spacial score (nSPS) is 21.7. The molecule has 2 aliphatic heterocycles. The predicted octanol–water partition coefficient (Wildman–Crippen LogP) is 1.52. The highest BCUT2D eigenvalue weighted by Gasteiger charge is 2.43. The Hall–Kier alpha value is -2.63. The maximum absolute atomic E-state index is 13.5. The van der Waals surface area contributed by atoms with Crippen molar-refractivity contribution in [1.82, 2.24) is 4.31 Å². The van der Waals surface area contributed by atoms with E-state index in [0.29, 0.717) is 17.4 Å². The van der Waals surface area contributed by atoms with E-state index in [4.69, 9.17) is 4.74 Å². The standard InChI is InChI=1S/C21H25N3O6S2/c1-16-15-31(26,27)24(21(16)25)18-8-9-19(30-2)20(14-18)32(28,29)23-12-10-22(11-13-23)17-6-4-3-5-7-17/h3-9,14,16H,10-13,15H2,1-2H3. The van der Waals surface area contributed by atoms with Crippen LogP contribution in [0.25, 0.3) is 0 Å². The Morgan fingerprint density at radius 1 is 0.969 bits per heavy atom. The molecule has 32 heavy (non-hydrogen) atoms. The molecule has 4 rings (SSSR count). The van der Waals surface area contributed by atoms with Gasteiger partial charge in [0.2, 0.25) is 26.0 Å². The molecular formula is C21H25N3O6S2. The van der Waals surface area contributed by atoms with Gasteiger partial charge in [0.15, 0.2) is 0 Å². The minimum absolute atomic E-state index is 0.00152. The number of hydrogen-bond acceptors (Lipinski definition) is 7. The van der Waals surface area contributed by atoms with Crippen LogP contribution in [0.4, 0.5) is 11.4 Å². The zero-order chi connectivity index (χ0) is 23.1. The number of carbonyl (C=O) groups excluding carboxylic acids is 1. The van der Waals surface area contributed by atoms with Gasteiger partial charge in [-0.1, -0.05) is 25.1 Å². The molecular weight excluding hydrogens is 454 g/mol. The summed E-state index contributed by atoms with van der Waals surface area (Å²) in [6, 6.07) is 13.7. The molecule has 2 saturated heterocycles. The summed E-state index contributed by atoms with van der Waals surface area (Å²) in [5.74, 6) is -1.47. The largest absolute Gasteiger partial charge is 0.495 e. The Morgan fingerprint density at radius 3 is 2.19 bits per heavy atom. The molecule has 2 fully saturated rings. The van der Waals surface area contributed by atoms with Crippen molar-refractivity contribution in [2.75, 3.05) is 48.2 Å². The summed E-state index contributed by atoms with van der Waals surface area (Å²) in [6.07, 6.45) is 0. The summed E-state index contributed by atoms with van der Waals surface area (Å²) in [4.78, 5) is 14.4. The van der Waals surface area contributed by atoms with Gasteiger partial charge in [0.25, 0.3) is 0 Å². The number of nitrogens with zero attached hydrogens (tertiary/aromatic N) is 3. The molecule has 0 bridgehead atoms. The lowest BCUT2D eigenvalue weighted by Crippen LogP contribution is -2.48. The van der Waals surface area contributed by atoms with Crippen LogP contribution in [0.2, 0.25) is 0 Å². The maximum atomic E-state index is 13.5. The predicted molar refractivity (Wildman–Crippen MR) is 121 cm³/mol. The van der Waals surface area contributed by atoms with E-state index in [0.717, 1.165) is 5.69 Å². The van der Waals surface area contributed by atoms with Gasteiger partial charge in [0, 0.05) is 31.9 Å². The number of hydrogen-bond donors (Lipinski definition) is 0. The van der Waals surface area contributed by atoms with Crippen LogP contribution < -0.4 is 13.9 Å². The lowest BCUT2D eigenvalue weighted by atomic mass is 10.2. The highest BCUT2D eigenvalue weighted by atomic mass is 32.2. The number of anilines is 2. The molecule has 1 atom stereocenters. The van der Waals surface area contributed by atoms with E-state index in [1.54, 1.807) is 0 Å². The molecule has 2 aromatic carbocycles. The molecule has 0 aliphatic carbocycles. The fourth-order valence-electron chi connectivity index (χ4n) is 4.04. The summed E-state index contributed by atoms with van der Waals surface area (Å²) in [5.41, 5.74) is 1.03. The van der Waals surface area contributed by atoms with Crippen LogP contribution in [-0.4, -0.2) is 66.1 Å². The number of benzene rings is 2. The molecule has 2 heterocycles. The van der Waals surface area contributed by atoms with Gasteiger partial charge in [0.05, 0.1) is 24.5 Å². The van der Waals surface area contributed by atoms with Crippen molar-refractivity contribution < 1.29 is 26.4 Å². The van der Waals surface area contributed by atoms with E-state index < -0.39 is 31.9 Å². The molecule has 9 nitrogen and oxygen atoms in total. The highest BCUT2D eigenvalue weighted by Crippen LogP contribution is 2.35. The molecule has 0 aromatic heterocycles. The van der Waals surface area contributed by atoms with E-state index in [1.165, 1.54) is 36.5 Å². The number of methoxy groups -OCH3 is 1. The molecule has 0 saturated carbocycles. The average Bonchev–Trinajstić information content (AvgIpc) is 3.00. The Kier molecular flexibility index (Phi) is 5.91. The number of rotatable bonds is 5. The third-order valence-corrected chi connectivity index (χ3v) is 9.51. The fraction of sp³-hybridized carbons (Fsp3) is 0.381. The Balaban J connectivity index is 1.64. The Bertz CT molecular complexity index is 1220. The summed E-state index contributed by atoms with van der Waals surface area (Å²) >= 11 is 0. The minimum Gasteiger partial charge on any atom is -0.495 e. The first kappa shape index (κ1) is 22.6. The number of carbonyl (C=O) groups is 1. The summed E-state index contributed by atoms with van der Waals surface area (Å²) in [6.45, 7) is 3.10. The molecule has 1 amide bonds. The number of amides is 1. The lowest BCUT2D eigenvalue weighted by Gasteiger charge is -2.35. The SMILES string of the molecule is COc1ccc(N2C(=O)C(C)CS2(=O)=O)cc1S(=O)(=O)N1CCN(c2ccccc2)CC1. The third kappa shape index (κ3) is 3.96. The van der Waals surface area contributed by atoms with Crippen molar-refractivity contribution in [3.05, 3.63) is 48.5 Å². The van der Waals surface area contributed by atoms with E-state index in [9.17, 15) is 21.6 Å². The Morgan fingerprint density at radius 2 is 1.62 bits per heavy atom. The molecule has 172 valence electrons. The van der Waals surface area contributed by atoms with E-state index in [-0.39, 0.29) is 35.2 Å². The first-order valence-corrected chi connectivity index (χ1v) is 13.2. The van der Waals surface area contributed by atoms with Crippen molar-refractivity contribution >= 4 is 37.3 Å².